The zero-order chi connectivity index (χ0) is 27.6. The highest BCUT2D eigenvalue weighted by atomic mass is 19.4. The molecule has 0 bridgehead atoms. The maximum Gasteiger partial charge on any atom is 0.416 e. The molecule has 1 amide bonds. The Morgan fingerprint density at radius 1 is 1.03 bits per heavy atom. The van der Waals surface area contributed by atoms with Gasteiger partial charge in [0, 0.05) is 58.6 Å². The second-order valence-corrected chi connectivity index (χ2v) is 9.60. The summed E-state index contributed by atoms with van der Waals surface area (Å²) in [6.07, 6.45) is -1.61. The Kier molecular flexibility index (Phi) is 7.34. The lowest BCUT2D eigenvalue weighted by Gasteiger charge is -2.35. The van der Waals surface area contributed by atoms with Crippen LogP contribution in [0.15, 0.2) is 71.9 Å². The number of alkyl halides is 3. The molecular weight excluding hydrogens is 507 g/mol. The number of aliphatic imine (C=N–C) groups is 1. The van der Waals surface area contributed by atoms with Gasteiger partial charge in [0.2, 0.25) is 0 Å². The molecule has 0 spiro atoms. The molecule has 0 atom stereocenters. The Balaban J connectivity index is 1.52. The molecule has 1 aliphatic rings. The molecule has 202 valence electrons. The summed E-state index contributed by atoms with van der Waals surface area (Å²) in [5.41, 5.74) is 1.63. The third-order valence-corrected chi connectivity index (χ3v) is 6.53. The van der Waals surface area contributed by atoms with Crippen molar-refractivity contribution in [2.24, 2.45) is 4.99 Å². The highest BCUT2D eigenvalue weighted by molar-refractivity contribution is 6.07. The van der Waals surface area contributed by atoms with E-state index in [1.807, 2.05) is 23.1 Å². The molecule has 0 saturated carbocycles. The number of fused-ring (bicyclic) bond motifs is 1. The number of benzene rings is 2. The quantitative estimate of drug-likeness (QED) is 0.268. The Morgan fingerprint density at radius 3 is 2.46 bits per heavy atom. The number of aromatic nitrogens is 3. The van der Waals surface area contributed by atoms with Gasteiger partial charge in [0.05, 0.1) is 17.6 Å². The van der Waals surface area contributed by atoms with Gasteiger partial charge in [0.25, 0.3) is 5.91 Å². The van der Waals surface area contributed by atoms with Crippen molar-refractivity contribution >= 4 is 23.7 Å². The monoisotopic (exact) mass is 535 g/mol. The van der Waals surface area contributed by atoms with Gasteiger partial charge in [-0.05, 0) is 23.8 Å². The smallest absolute Gasteiger partial charge is 0.369 e. The first-order chi connectivity index (χ1) is 18.7. The van der Waals surface area contributed by atoms with E-state index in [-0.39, 0.29) is 11.2 Å². The van der Waals surface area contributed by atoms with Crippen LogP contribution in [0.1, 0.15) is 21.5 Å². The van der Waals surface area contributed by atoms with Gasteiger partial charge in [-0.3, -0.25) is 9.69 Å². The lowest BCUT2D eigenvalue weighted by atomic mass is 10.1. The summed E-state index contributed by atoms with van der Waals surface area (Å²) >= 11 is 0. The molecule has 4 aromatic rings. The minimum absolute atomic E-state index is 0.221. The number of rotatable bonds is 6. The molecule has 0 aliphatic carbocycles. The molecule has 1 fully saturated rings. The number of hydrogen-bond donors (Lipinski definition) is 0. The van der Waals surface area contributed by atoms with Crippen molar-refractivity contribution in [2.75, 3.05) is 45.2 Å². The van der Waals surface area contributed by atoms with Crippen LogP contribution < -0.4 is 4.90 Å². The van der Waals surface area contributed by atoms with E-state index >= 15 is 0 Å². The third kappa shape index (κ3) is 5.78. The van der Waals surface area contributed by atoms with Gasteiger partial charge in [-0.2, -0.15) is 18.2 Å². The van der Waals surface area contributed by atoms with Gasteiger partial charge in [-0.1, -0.05) is 42.5 Å². The third-order valence-electron chi connectivity index (χ3n) is 6.53. The fourth-order valence-corrected chi connectivity index (χ4v) is 4.61. The van der Waals surface area contributed by atoms with Crippen LogP contribution >= 0.6 is 0 Å². The van der Waals surface area contributed by atoms with Crippen molar-refractivity contribution in [3.8, 4) is 11.3 Å². The summed E-state index contributed by atoms with van der Waals surface area (Å²) in [5.74, 6) is -0.101. The highest BCUT2D eigenvalue weighted by Gasteiger charge is 2.32. The van der Waals surface area contributed by atoms with E-state index in [9.17, 15) is 18.0 Å². The van der Waals surface area contributed by atoms with Crippen molar-refractivity contribution < 1.29 is 18.0 Å². The van der Waals surface area contributed by atoms with Crippen LogP contribution in [-0.2, 0) is 12.7 Å². The van der Waals surface area contributed by atoms with Gasteiger partial charge in [0.1, 0.15) is 5.56 Å². The van der Waals surface area contributed by atoms with Gasteiger partial charge >= 0.3 is 6.18 Å². The Labute approximate surface area is 224 Å². The van der Waals surface area contributed by atoms with E-state index in [1.54, 1.807) is 31.1 Å². The van der Waals surface area contributed by atoms with E-state index in [1.165, 1.54) is 28.7 Å². The van der Waals surface area contributed by atoms with E-state index in [0.717, 1.165) is 31.8 Å². The zero-order valence-corrected chi connectivity index (χ0v) is 21.6. The molecule has 2 aromatic heterocycles. The molecule has 1 saturated heterocycles. The summed E-state index contributed by atoms with van der Waals surface area (Å²) in [4.78, 5) is 27.8. The zero-order valence-electron chi connectivity index (χ0n) is 21.6. The molecule has 8 nitrogen and oxygen atoms in total. The largest absolute Gasteiger partial charge is 0.416 e. The molecule has 2 aromatic carbocycles. The molecule has 0 unspecified atom stereocenters. The summed E-state index contributed by atoms with van der Waals surface area (Å²) in [7, 11) is 3.51. The number of anilines is 1. The SMILES string of the molecule is CN(C)C=NC(=O)c1c(N2CCN(Cc3ccccc3)CC2)nn2c(-c3cccc(C(F)(F)F)c3)ccnc12. The summed E-state index contributed by atoms with van der Waals surface area (Å²) in [6.45, 7) is 3.57. The Bertz CT molecular complexity index is 1490. The number of amides is 1. The molecule has 0 N–H and O–H groups in total. The van der Waals surface area contributed by atoms with Crippen molar-refractivity contribution in [1.82, 2.24) is 24.4 Å². The second-order valence-electron chi connectivity index (χ2n) is 9.60. The molecule has 3 heterocycles. The standard InChI is InChI=1S/C28H28F3N7O/c1-35(2)19-33-27(39)24-25-32-12-11-23(21-9-6-10-22(17-21)28(29,30)31)38(25)34-26(24)37-15-13-36(14-16-37)18-20-7-4-3-5-8-20/h3-12,17,19H,13-16,18H2,1-2H3. The van der Waals surface area contributed by atoms with Gasteiger partial charge in [0.15, 0.2) is 11.5 Å². The number of halogens is 3. The van der Waals surface area contributed by atoms with Crippen molar-refractivity contribution in [3.05, 3.63) is 83.6 Å². The predicted octanol–water partition coefficient (Wildman–Crippen LogP) is 4.47. The van der Waals surface area contributed by atoms with E-state index in [0.29, 0.717) is 30.2 Å². The average molecular weight is 536 g/mol. The lowest BCUT2D eigenvalue weighted by Crippen LogP contribution is -2.46. The highest BCUT2D eigenvalue weighted by Crippen LogP contribution is 2.33. The fourth-order valence-electron chi connectivity index (χ4n) is 4.61. The number of nitrogens with zero attached hydrogens (tertiary/aromatic N) is 7. The topological polar surface area (TPSA) is 69.3 Å². The number of piperazine rings is 1. The average Bonchev–Trinajstić information content (AvgIpc) is 3.32. The van der Waals surface area contributed by atoms with E-state index in [4.69, 9.17) is 5.10 Å². The lowest BCUT2D eigenvalue weighted by molar-refractivity contribution is -0.137. The first kappa shape index (κ1) is 26.4. The second kappa shape index (κ2) is 10.9. The summed E-state index contributed by atoms with van der Waals surface area (Å²) in [6, 6.07) is 16.8. The van der Waals surface area contributed by atoms with Gasteiger partial charge in [-0.15, -0.1) is 5.10 Å². The molecular formula is C28H28F3N7O. The first-order valence-corrected chi connectivity index (χ1v) is 12.5. The number of carbonyl (C=O) groups excluding carboxylic acids is 1. The maximum absolute atomic E-state index is 13.4. The van der Waals surface area contributed by atoms with Crippen LogP contribution in [-0.4, -0.2) is 76.9 Å². The molecule has 0 radical (unpaired) electrons. The Hall–Kier alpha value is -4.25. The van der Waals surface area contributed by atoms with Crippen molar-refractivity contribution in [1.29, 1.82) is 0 Å². The minimum Gasteiger partial charge on any atom is -0.369 e. The predicted molar refractivity (Wildman–Crippen MR) is 144 cm³/mol. The molecule has 39 heavy (non-hydrogen) atoms. The van der Waals surface area contributed by atoms with Gasteiger partial charge < -0.3 is 9.80 Å². The van der Waals surface area contributed by atoms with Crippen LogP contribution in [0.25, 0.3) is 16.9 Å². The molecule has 11 heteroatoms. The van der Waals surface area contributed by atoms with Crippen LogP contribution in [0.4, 0.5) is 19.0 Å². The van der Waals surface area contributed by atoms with E-state index in [2.05, 4.69) is 27.0 Å². The van der Waals surface area contributed by atoms with Crippen LogP contribution in [0.5, 0.6) is 0 Å². The summed E-state index contributed by atoms with van der Waals surface area (Å²) in [5, 5.41) is 4.73. The van der Waals surface area contributed by atoms with E-state index < -0.39 is 17.6 Å². The number of hydrogen-bond acceptors (Lipinski definition) is 5. The van der Waals surface area contributed by atoms with Crippen molar-refractivity contribution in [2.45, 2.75) is 12.7 Å². The minimum atomic E-state index is -4.49. The van der Waals surface area contributed by atoms with Crippen LogP contribution in [0, 0.1) is 0 Å². The number of carbonyl (C=O) groups is 1. The summed E-state index contributed by atoms with van der Waals surface area (Å²) < 4.78 is 41.7. The Morgan fingerprint density at radius 2 is 1.77 bits per heavy atom. The molecule has 5 rings (SSSR count). The normalized spacial score (nSPS) is 14.8. The maximum atomic E-state index is 13.4. The van der Waals surface area contributed by atoms with Crippen LogP contribution in [0.2, 0.25) is 0 Å². The van der Waals surface area contributed by atoms with Gasteiger partial charge in [-0.25, -0.2) is 9.50 Å². The first-order valence-electron chi connectivity index (χ1n) is 12.5. The van der Waals surface area contributed by atoms with Crippen molar-refractivity contribution in [3.63, 3.8) is 0 Å². The molecule has 1 aliphatic heterocycles. The fraction of sp³-hybridized carbons (Fsp3) is 0.286. The van der Waals surface area contributed by atoms with Crippen LogP contribution in [0.3, 0.4) is 0 Å².